The number of ether oxygens (including phenoxy) is 1. The van der Waals surface area contributed by atoms with Crippen molar-refractivity contribution in [3.8, 4) is 6.07 Å². The summed E-state index contributed by atoms with van der Waals surface area (Å²) in [7, 11) is 0. The van der Waals surface area contributed by atoms with Gasteiger partial charge in [-0.1, -0.05) is 20.8 Å². The van der Waals surface area contributed by atoms with Gasteiger partial charge in [-0.15, -0.1) is 0 Å². The third-order valence-electron chi connectivity index (χ3n) is 3.98. The van der Waals surface area contributed by atoms with Crippen molar-refractivity contribution in [1.29, 1.82) is 5.26 Å². The molecule has 8 nitrogen and oxygen atoms in total. The Morgan fingerprint density at radius 3 is 2.33 bits per heavy atom. The lowest BCUT2D eigenvalue weighted by Crippen LogP contribution is -2.52. The van der Waals surface area contributed by atoms with Crippen LogP contribution in [-0.2, 0) is 14.3 Å². The smallest absolute Gasteiger partial charge is 0.408 e. The summed E-state index contributed by atoms with van der Waals surface area (Å²) in [6.07, 6.45) is 0.590. The van der Waals surface area contributed by atoms with Crippen molar-refractivity contribution < 1.29 is 19.1 Å². The van der Waals surface area contributed by atoms with E-state index in [2.05, 4.69) is 16.0 Å². The van der Waals surface area contributed by atoms with Gasteiger partial charge in [0.25, 0.3) is 0 Å². The molecule has 1 aliphatic heterocycles. The van der Waals surface area contributed by atoms with Crippen LogP contribution in [0.25, 0.3) is 0 Å². The number of hydrogen-bond donors (Lipinski definition) is 3. The van der Waals surface area contributed by atoms with E-state index in [9.17, 15) is 19.6 Å². The number of alkyl carbamates (subject to hydrolysis) is 1. The summed E-state index contributed by atoms with van der Waals surface area (Å²) >= 11 is 0. The van der Waals surface area contributed by atoms with E-state index in [1.54, 1.807) is 20.8 Å². The van der Waals surface area contributed by atoms with E-state index >= 15 is 0 Å². The molecule has 0 aromatic carbocycles. The number of carbonyl (C=O) groups excluding carboxylic acids is 3. The van der Waals surface area contributed by atoms with Crippen LogP contribution < -0.4 is 16.0 Å². The number of nitriles is 1. The van der Waals surface area contributed by atoms with E-state index in [1.807, 2.05) is 26.8 Å². The van der Waals surface area contributed by atoms with Crippen molar-refractivity contribution in [2.75, 3.05) is 6.54 Å². The molecule has 1 aliphatic rings. The Hall–Kier alpha value is -2.30. The standard InChI is InChI=1S/C19H32N4O4/c1-18(2,3)10-14(23-17(26)27-19(4,5)6)16(25)22-13(11-20)9-12-7-8-21-15(12)24/h12-14H,7-10H2,1-6H3,(H,21,24)(H,22,25)(H,23,26)/t12-,13-,14-/m0/s1. The van der Waals surface area contributed by atoms with Crippen LogP contribution in [-0.4, -0.2) is 42.1 Å². The van der Waals surface area contributed by atoms with Crippen LogP contribution in [0, 0.1) is 22.7 Å². The lowest BCUT2D eigenvalue weighted by Gasteiger charge is -2.28. The third-order valence-corrected chi connectivity index (χ3v) is 3.98. The molecule has 1 fully saturated rings. The highest BCUT2D eigenvalue weighted by atomic mass is 16.6. The highest BCUT2D eigenvalue weighted by molar-refractivity contribution is 5.86. The molecule has 27 heavy (non-hydrogen) atoms. The molecule has 0 saturated carbocycles. The molecule has 152 valence electrons. The van der Waals surface area contributed by atoms with Crippen LogP contribution in [0.15, 0.2) is 0 Å². The Kier molecular flexibility index (Phi) is 7.64. The first-order chi connectivity index (χ1) is 12.3. The van der Waals surface area contributed by atoms with Gasteiger partial charge in [0.05, 0.1) is 6.07 Å². The van der Waals surface area contributed by atoms with Gasteiger partial charge in [-0.3, -0.25) is 9.59 Å². The minimum absolute atomic E-state index is 0.0948. The molecule has 0 aliphatic carbocycles. The summed E-state index contributed by atoms with van der Waals surface area (Å²) in [5.41, 5.74) is -0.914. The van der Waals surface area contributed by atoms with E-state index in [4.69, 9.17) is 4.74 Å². The fourth-order valence-electron chi connectivity index (χ4n) is 2.84. The predicted octanol–water partition coefficient (Wildman–Crippen LogP) is 1.85. The summed E-state index contributed by atoms with van der Waals surface area (Å²) in [6.45, 7) is 11.7. The van der Waals surface area contributed by atoms with Gasteiger partial charge >= 0.3 is 6.09 Å². The maximum absolute atomic E-state index is 12.7. The number of nitrogens with one attached hydrogen (secondary N) is 3. The summed E-state index contributed by atoms with van der Waals surface area (Å²) in [4.78, 5) is 36.5. The average Bonchev–Trinajstić information content (AvgIpc) is 2.87. The van der Waals surface area contributed by atoms with Crippen molar-refractivity contribution in [1.82, 2.24) is 16.0 Å². The first-order valence-corrected chi connectivity index (χ1v) is 9.28. The lowest BCUT2D eigenvalue weighted by molar-refractivity contribution is -0.125. The minimum Gasteiger partial charge on any atom is -0.444 e. The van der Waals surface area contributed by atoms with E-state index in [1.165, 1.54) is 0 Å². The summed E-state index contributed by atoms with van der Waals surface area (Å²) in [6, 6.07) is 0.397. The normalized spacial score (nSPS) is 19.4. The Labute approximate surface area is 161 Å². The zero-order valence-electron chi connectivity index (χ0n) is 17.1. The fourth-order valence-corrected chi connectivity index (χ4v) is 2.84. The zero-order valence-corrected chi connectivity index (χ0v) is 17.1. The molecule has 0 bridgehead atoms. The van der Waals surface area contributed by atoms with E-state index in [0.29, 0.717) is 19.4 Å². The molecule has 1 heterocycles. The average molecular weight is 380 g/mol. The Morgan fingerprint density at radius 2 is 1.89 bits per heavy atom. The second-order valence-corrected chi connectivity index (χ2v) is 9.17. The number of hydrogen-bond acceptors (Lipinski definition) is 5. The lowest BCUT2D eigenvalue weighted by atomic mass is 9.87. The Balaban J connectivity index is 2.77. The topological polar surface area (TPSA) is 120 Å². The third kappa shape index (κ3) is 8.76. The maximum atomic E-state index is 12.7. The second kappa shape index (κ2) is 9.07. The van der Waals surface area contributed by atoms with Crippen LogP contribution in [0.3, 0.4) is 0 Å². The zero-order chi connectivity index (χ0) is 20.8. The molecule has 3 atom stereocenters. The highest BCUT2D eigenvalue weighted by Crippen LogP contribution is 2.22. The van der Waals surface area contributed by atoms with Crippen molar-refractivity contribution in [3.05, 3.63) is 0 Å². The van der Waals surface area contributed by atoms with Crippen LogP contribution in [0.1, 0.15) is 60.8 Å². The quantitative estimate of drug-likeness (QED) is 0.649. The van der Waals surface area contributed by atoms with Gasteiger partial charge < -0.3 is 20.7 Å². The number of carbonyl (C=O) groups is 3. The Bertz CT molecular complexity index is 598. The first kappa shape index (κ1) is 22.7. The molecule has 1 rings (SSSR count). The van der Waals surface area contributed by atoms with Gasteiger partial charge in [0.2, 0.25) is 11.8 Å². The Morgan fingerprint density at radius 1 is 1.26 bits per heavy atom. The molecule has 0 unspecified atom stereocenters. The molecular weight excluding hydrogens is 348 g/mol. The molecule has 0 radical (unpaired) electrons. The fraction of sp³-hybridized carbons (Fsp3) is 0.789. The van der Waals surface area contributed by atoms with Gasteiger partial charge in [-0.05, 0) is 45.4 Å². The van der Waals surface area contributed by atoms with E-state index in [0.717, 1.165) is 0 Å². The minimum atomic E-state index is -0.840. The van der Waals surface area contributed by atoms with Gasteiger partial charge in [-0.2, -0.15) is 5.26 Å². The molecule has 3 N–H and O–H groups in total. The van der Waals surface area contributed by atoms with Gasteiger partial charge in [0, 0.05) is 12.5 Å². The van der Waals surface area contributed by atoms with Crippen LogP contribution in [0.5, 0.6) is 0 Å². The molecule has 0 spiro atoms. The number of nitrogens with zero attached hydrogens (tertiary/aromatic N) is 1. The highest BCUT2D eigenvalue weighted by Gasteiger charge is 2.32. The van der Waals surface area contributed by atoms with Gasteiger partial charge in [-0.25, -0.2) is 4.79 Å². The summed E-state index contributed by atoms with van der Waals surface area (Å²) < 4.78 is 5.24. The number of amides is 3. The molecule has 1 saturated heterocycles. The van der Waals surface area contributed by atoms with Crippen molar-refractivity contribution in [2.24, 2.45) is 11.3 Å². The maximum Gasteiger partial charge on any atom is 0.408 e. The van der Waals surface area contributed by atoms with Crippen LogP contribution >= 0.6 is 0 Å². The van der Waals surface area contributed by atoms with Crippen LogP contribution in [0.4, 0.5) is 4.79 Å². The van der Waals surface area contributed by atoms with E-state index in [-0.39, 0.29) is 23.7 Å². The summed E-state index contributed by atoms with van der Waals surface area (Å²) in [5, 5.41) is 17.3. The molecule has 8 heteroatoms. The van der Waals surface area contributed by atoms with Crippen molar-refractivity contribution >= 4 is 17.9 Å². The SMILES string of the molecule is CC(C)(C)C[C@H](NC(=O)OC(C)(C)C)C(=O)N[C@H](C#N)C[C@@H]1CCNC1=O. The first-order valence-electron chi connectivity index (χ1n) is 9.28. The molecular formula is C19H32N4O4. The number of rotatable bonds is 6. The van der Waals surface area contributed by atoms with Gasteiger partial charge in [0.1, 0.15) is 17.7 Å². The van der Waals surface area contributed by atoms with Crippen molar-refractivity contribution in [3.63, 3.8) is 0 Å². The molecule has 0 aromatic heterocycles. The largest absolute Gasteiger partial charge is 0.444 e. The second-order valence-electron chi connectivity index (χ2n) is 9.17. The van der Waals surface area contributed by atoms with Gasteiger partial charge in [0.15, 0.2) is 0 Å². The predicted molar refractivity (Wildman–Crippen MR) is 101 cm³/mol. The van der Waals surface area contributed by atoms with Crippen LogP contribution in [0.2, 0.25) is 0 Å². The van der Waals surface area contributed by atoms with Crippen molar-refractivity contribution in [2.45, 2.75) is 78.5 Å². The summed E-state index contributed by atoms with van der Waals surface area (Å²) in [5.74, 6) is -0.835. The monoisotopic (exact) mass is 380 g/mol. The van der Waals surface area contributed by atoms with E-state index < -0.39 is 29.7 Å². The molecule has 0 aromatic rings. The molecule has 3 amide bonds.